The van der Waals surface area contributed by atoms with Crippen LogP contribution in [-0.4, -0.2) is 31.2 Å². The van der Waals surface area contributed by atoms with E-state index in [1.54, 1.807) is 32.1 Å². The van der Waals surface area contributed by atoms with Crippen molar-refractivity contribution in [2.75, 3.05) is 18.4 Å². The van der Waals surface area contributed by atoms with Gasteiger partial charge >= 0.3 is 0 Å². The molecule has 0 saturated carbocycles. The van der Waals surface area contributed by atoms with E-state index in [9.17, 15) is 8.42 Å². The molecule has 0 spiro atoms. The van der Waals surface area contributed by atoms with Gasteiger partial charge in [-0.05, 0) is 51.8 Å². The van der Waals surface area contributed by atoms with Gasteiger partial charge in [-0.15, -0.1) is 11.3 Å². The number of nitrogens with zero attached hydrogens (tertiary/aromatic N) is 1. The summed E-state index contributed by atoms with van der Waals surface area (Å²) >= 11 is 1.64. The highest BCUT2D eigenvalue weighted by molar-refractivity contribution is 7.90. The molecule has 128 valence electrons. The molecule has 0 radical (unpaired) electrons. The van der Waals surface area contributed by atoms with Gasteiger partial charge in [-0.2, -0.15) is 0 Å². The Labute approximate surface area is 142 Å². The first-order chi connectivity index (χ1) is 10.8. The molecule has 2 rings (SSSR count). The van der Waals surface area contributed by atoms with E-state index in [1.807, 2.05) is 5.51 Å². The molecule has 23 heavy (non-hydrogen) atoms. The number of rotatable bonds is 8. The van der Waals surface area contributed by atoms with E-state index in [0.29, 0.717) is 6.54 Å². The second-order valence-corrected chi connectivity index (χ2v) is 9.94. The predicted octanol–water partition coefficient (Wildman–Crippen LogP) is 3.60. The summed E-state index contributed by atoms with van der Waals surface area (Å²) < 4.78 is 26.9. The van der Waals surface area contributed by atoms with Crippen molar-refractivity contribution in [3.05, 3.63) is 23.7 Å². The van der Waals surface area contributed by atoms with Crippen LogP contribution in [-0.2, 0) is 10.0 Å². The lowest BCUT2D eigenvalue weighted by molar-refractivity contribution is 0.540. The highest BCUT2D eigenvalue weighted by Gasteiger charge is 2.27. The van der Waals surface area contributed by atoms with E-state index < -0.39 is 14.8 Å². The summed E-state index contributed by atoms with van der Waals surface area (Å²) in [6, 6.07) is 6.21. The third-order valence-electron chi connectivity index (χ3n) is 3.61. The average molecular weight is 356 g/mol. The zero-order valence-electron chi connectivity index (χ0n) is 13.9. The third-order valence-corrected chi connectivity index (χ3v) is 6.62. The van der Waals surface area contributed by atoms with Crippen LogP contribution >= 0.6 is 11.3 Å². The largest absolute Gasteiger partial charge is 0.385 e. The molecule has 0 amide bonds. The molecule has 0 aliphatic heterocycles. The molecule has 0 atom stereocenters. The minimum absolute atomic E-state index is 0.504. The van der Waals surface area contributed by atoms with Crippen LogP contribution in [0.5, 0.6) is 0 Å². The first-order valence-electron chi connectivity index (χ1n) is 7.86. The summed E-state index contributed by atoms with van der Waals surface area (Å²) in [5, 5.41) is 3.38. The number of nitrogens with one attached hydrogen (secondary N) is 2. The quantitative estimate of drug-likeness (QED) is 0.710. The van der Waals surface area contributed by atoms with Crippen molar-refractivity contribution in [2.24, 2.45) is 0 Å². The highest BCUT2D eigenvalue weighted by Crippen LogP contribution is 2.21. The number of thiazole rings is 1. The predicted molar refractivity (Wildman–Crippen MR) is 98.6 cm³/mol. The number of unbranched alkanes of at least 4 members (excludes halogenated alkanes) is 2. The number of aromatic nitrogens is 1. The van der Waals surface area contributed by atoms with Crippen LogP contribution < -0.4 is 10.0 Å². The van der Waals surface area contributed by atoms with Gasteiger partial charge in [0.2, 0.25) is 10.0 Å². The number of anilines is 1. The summed E-state index contributed by atoms with van der Waals surface area (Å²) in [5.41, 5.74) is 3.96. The fourth-order valence-corrected chi connectivity index (χ4v) is 3.56. The Morgan fingerprint density at radius 3 is 2.61 bits per heavy atom. The Kier molecular flexibility index (Phi) is 6.00. The lowest BCUT2D eigenvalue weighted by atomic mass is 10.2. The van der Waals surface area contributed by atoms with E-state index in [2.05, 4.69) is 33.2 Å². The van der Waals surface area contributed by atoms with Crippen molar-refractivity contribution in [2.45, 2.75) is 44.8 Å². The topological polar surface area (TPSA) is 71.1 Å². The molecule has 5 nitrogen and oxygen atoms in total. The van der Waals surface area contributed by atoms with Crippen molar-refractivity contribution in [3.63, 3.8) is 0 Å². The number of benzene rings is 1. The van der Waals surface area contributed by atoms with Crippen LogP contribution in [0.1, 0.15) is 40.0 Å². The minimum atomic E-state index is -3.22. The van der Waals surface area contributed by atoms with Gasteiger partial charge in [-0.3, -0.25) is 0 Å². The number of hydrogen-bond acceptors (Lipinski definition) is 5. The minimum Gasteiger partial charge on any atom is -0.385 e. The Hall–Kier alpha value is -1.18. The standard InChI is InChI=1S/C16H25N3O2S2/c1-16(2,3)23(20,21)19-10-6-4-5-9-17-13-7-8-15-14(11-13)18-12-22-15/h7-8,11-12,17,19H,4-6,9-10H2,1-3H3. The Morgan fingerprint density at radius 2 is 1.87 bits per heavy atom. The van der Waals surface area contributed by atoms with E-state index in [-0.39, 0.29) is 0 Å². The maximum absolute atomic E-state index is 11.9. The molecule has 0 aliphatic rings. The Morgan fingerprint density at radius 1 is 1.13 bits per heavy atom. The molecule has 1 aromatic carbocycles. The molecule has 7 heteroatoms. The highest BCUT2D eigenvalue weighted by atomic mass is 32.2. The van der Waals surface area contributed by atoms with E-state index in [1.165, 1.54) is 4.70 Å². The Balaban J connectivity index is 1.63. The maximum atomic E-state index is 11.9. The number of hydrogen-bond donors (Lipinski definition) is 2. The molecule has 0 unspecified atom stereocenters. The molecule has 2 aromatic rings. The fourth-order valence-electron chi connectivity index (χ4n) is 2.05. The fraction of sp³-hybridized carbons (Fsp3) is 0.562. The van der Waals surface area contributed by atoms with Crippen molar-refractivity contribution >= 4 is 37.3 Å². The van der Waals surface area contributed by atoms with Crippen LogP contribution in [0, 0.1) is 0 Å². The first-order valence-corrected chi connectivity index (χ1v) is 10.2. The summed E-state index contributed by atoms with van der Waals surface area (Å²) in [7, 11) is -3.22. The third kappa shape index (κ3) is 5.16. The zero-order chi connectivity index (χ0) is 16.9. The molecule has 0 bridgehead atoms. The van der Waals surface area contributed by atoms with E-state index in [4.69, 9.17) is 0 Å². The van der Waals surface area contributed by atoms with Crippen LogP contribution in [0.2, 0.25) is 0 Å². The molecule has 2 N–H and O–H groups in total. The first kappa shape index (κ1) is 18.2. The molecular formula is C16H25N3O2S2. The van der Waals surface area contributed by atoms with E-state index in [0.717, 1.165) is 37.0 Å². The maximum Gasteiger partial charge on any atom is 0.216 e. The van der Waals surface area contributed by atoms with Crippen molar-refractivity contribution in [1.82, 2.24) is 9.71 Å². The monoisotopic (exact) mass is 355 g/mol. The summed E-state index contributed by atoms with van der Waals surface area (Å²) in [4.78, 5) is 4.30. The average Bonchev–Trinajstić information content (AvgIpc) is 2.92. The summed E-state index contributed by atoms with van der Waals surface area (Å²) in [6.45, 7) is 6.50. The zero-order valence-corrected chi connectivity index (χ0v) is 15.6. The molecule has 0 aliphatic carbocycles. The van der Waals surface area contributed by atoms with Crippen LogP contribution in [0.4, 0.5) is 5.69 Å². The van der Waals surface area contributed by atoms with Crippen LogP contribution in [0.15, 0.2) is 23.7 Å². The van der Waals surface area contributed by atoms with Crippen molar-refractivity contribution in [1.29, 1.82) is 0 Å². The molecule has 0 fully saturated rings. The van der Waals surface area contributed by atoms with Gasteiger partial charge in [0, 0.05) is 18.8 Å². The normalized spacial score (nSPS) is 12.7. The number of sulfonamides is 1. The van der Waals surface area contributed by atoms with Gasteiger partial charge in [-0.1, -0.05) is 6.42 Å². The number of fused-ring (bicyclic) bond motifs is 1. The van der Waals surface area contributed by atoms with Gasteiger partial charge in [0.1, 0.15) is 0 Å². The van der Waals surface area contributed by atoms with Crippen LogP contribution in [0.3, 0.4) is 0 Å². The van der Waals surface area contributed by atoms with Crippen molar-refractivity contribution < 1.29 is 8.42 Å². The summed E-state index contributed by atoms with van der Waals surface area (Å²) in [5.74, 6) is 0. The lowest BCUT2D eigenvalue weighted by Crippen LogP contribution is -2.39. The second kappa shape index (κ2) is 7.59. The van der Waals surface area contributed by atoms with Crippen molar-refractivity contribution in [3.8, 4) is 0 Å². The molecule has 1 aromatic heterocycles. The van der Waals surface area contributed by atoms with Crippen LogP contribution in [0.25, 0.3) is 10.2 Å². The van der Waals surface area contributed by atoms with Gasteiger partial charge in [-0.25, -0.2) is 18.1 Å². The van der Waals surface area contributed by atoms with E-state index >= 15 is 0 Å². The van der Waals surface area contributed by atoms with Gasteiger partial charge in [0.25, 0.3) is 0 Å². The lowest BCUT2D eigenvalue weighted by Gasteiger charge is -2.19. The van der Waals surface area contributed by atoms with Gasteiger partial charge in [0.05, 0.1) is 20.5 Å². The summed E-state index contributed by atoms with van der Waals surface area (Å²) in [6.07, 6.45) is 2.84. The van der Waals surface area contributed by atoms with Gasteiger partial charge in [0.15, 0.2) is 0 Å². The Bertz CT molecular complexity index is 733. The molecule has 1 heterocycles. The molecular weight excluding hydrogens is 330 g/mol. The van der Waals surface area contributed by atoms with Gasteiger partial charge < -0.3 is 5.32 Å². The second-order valence-electron chi connectivity index (χ2n) is 6.53. The SMILES string of the molecule is CC(C)(C)S(=O)(=O)NCCCCCNc1ccc2scnc2c1. The smallest absolute Gasteiger partial charge is 0.216 e. The molecule has 0 saturated heterocycles.